The van der Waals surface area contributed by atoms with Gasteiger partial charge in [-0.1, -0.05) is 151 Å². The Labute approximate surface area is 433 Å². The van der Waals surface area contributed by atoms with Gasteiger partial charge in [-0.15, -0.1) is 94.5 Å². The summed E-state index contributed by atoms with van der Waals surface area (Å²) in [6.07, 6.45) is 10.8. The van der Waals surface area contributed by atoms with Crippen LogP contribution in [-0.4, -0.2) is 19.9 Å². The molecule has 0 aliphatic rings. The summed E-state index contributed by atoms with van der Waals surface area (Å²) in [6, 6.07) is 81.1. The second kappa shape index (κ2) is 20.9. The van der Waals surface area contributed by atoms with Crippen LogP contribution in [0.3, 0.4) is 0 Å². The van der Waals surface area contributed by atoms with Gasteiger partial charge in [0.25, 0.3) is 0 Å². The van der Waals surface area contributed by atoms with Crippen molar-refractivity contribution in [1.29, 1.82) is 0 Å². The third kappa shape index (κ3) is 9.84. The molecule has 0 unspecified atom stereocenters. The minimum absolute atomic E-state index is 0. The summed E-state index contributed by atoms with van der Waals surface area (Å²) in [5, 5.41) is 0.891. The Morgan fingerprint density at radius 2 is 0.931 bits per heavy atom. The van der Waals surface area contributed by atoms with Gasteiger partial charge >= 0.3 is 20.1 Å². The van der Waals surface area contributed by atoms with Crippen LogP contribution in [0.4, 0.5) is 0 Å². The van der Waals surface area contributed by atoms with Crippen molar-refractivity contribution >= 4 is 22.1 Å². The number of aromatic nitrogens is 4. The molecule has 0 atom stereocenters. The Morgan fingerprint density at radius 1 is 0.347 bits per heavy atom. The summed E-state index contributed by atoms with van der Waals surface area (Å²) in [5.74, 6) is 0. The zero-order chi connectivity index (χ0) is 47.3. The van der Waals surface area contributed by atoms with E-state index in [1.807, 2.05) is 73.2 Å². The van der Waals surface area contributed by atoms with Crippen molar-refractivity contribution in [3.05, 3.63) is 265 Å². The van der Waals surface area contributed by atoms with Gasteiger partial charge in [-0.2, -0.15) is 0 Å². The summed E-state index contributed by atoms with van der Waals surface area (Å²) in [7, 11) is 0. The Morgan fingerprint density at radius 3 is 1.57 bits per heavy atom. The van der Waals surface area contributed by atoms with Crippen LogP contribution in [0, 0.1) is 18.2 Å². The van der Waals surface area contributed by atoms with Crippen LogP contribution in [0.25, 0.3) is 100 Å². The van der Waals surface area contributed by atoms with E-state index in [4.69, 9.17) is 9.40 Å². The zero-order valence-electron chi connectivity index (χ0n) is 39.2. The Kier molecular flexibility index (Phi) is 13.4. The quantitative estimate of drug-likeness (QED) is 0.108. The van der Waals surface area contributed by atoms with Gasteiger partial charge in [0.05, 0.1) is 5.39 Å². The molecule has 0 radical (unpaired) electrons. The van der Waals surface area contributed by atoms with E-state index >= 15 is 0 Å². The van der Waals surface area contributed by atoms with Crippen LogP contribution in [0.5, 0.6) is 0 Å². The van der Waals surface area contributed by atoms with Crippen LogP contribution < -0.4 is 0 Å². The molecular weight excluding hydrogens is 1060 g/mol. The number of hydrogen-bond donors (Lipinski definition) is 0. The average Bonchev–Trinajstić information content (AvgIpc) is 3.83. The molecule has 0 aliphatic heterocycles. The summed E-state index contributed by atoms with van der Waals surface area (Å²) in [5.41, 5.74) is 22.0. The topological polar surface area (TPSA) is 64.7 Å². The standard InChI is InChI=1S/C66H45N4O.Ir/c1-2-11-49(12-3-1)50-30-32-51(33-31-50)59-42-54(63-43-65-60(44-70-63)66-64(71-65)17-10-38-69-66)34-35-58(59)57-14-5-4-13-56(57)55-40-47(20-18-45-22-26-52(27-23-45)61-15-6-8-36-67-61)39-48(41-55)21-19-46-24-28-53(29-25-46)62-16-7-9-37-68-62;/h1-17,22-26,28,30-33,35-44H,18-21H2;/q-3;+3. The Balaban J connectivity index is 0.00000560. The number of fused-ring (bicyclic) bond motifs is 3. The van der Waals surface area contributed by atoms with Gasteiger partial charge in [-0.25, -0.2) is 0 Å². The molecule has 12 aromatic rings. The molecule has 6 heteroatoms. The second-order valence-electron chi connectivity index (χ2n) is 17.9. The first-order valence-corrected chi connectivity index (χ1v) is 24.1. The number of benzene rings is 7. The first-order chi connectivity index (χ1) is 35.1. The van der Waals surface area contributed by atoms with Crippen molar-refractivity contribution in [2.24, 2.45) is 0 Å². The summed E-state index contributed by atoms with van der Waals surface area (Å²) >= 11 is 0. The average molecular weight is 1100 g/mol. The normalized spacial score (nSPS) is 11.2. The minimum atomic E-state index is 0. The third-order valence-electron chi connectivity index (χ3n) is 13.3. The van der Waals surface area contributed by atoms with Crippen molar-refractivity contribution < 1.29 is 24.5 Å². The summed E-state index contributed by atoms with van der Waals surface area (Å²) in [6.45, 7) is 0. The van der Waals surface area contributed by atoms with E-state index in [-0.39, 0.29) is 20.1 Å². The molecule has 344 valence electrons. The zero-order valence-corrected chi connectivity index (χ0v) is 41.6. The van der Waals surface area contributed by atoms with Crippen LogP contribution in [0.15, 0.2) is 229 Å². The van der Waals surface area contributed by atoms with E-state index < -0.39 is 0 Å². The molecule has 0 bridgehead atoms. The van der Waals surface area contributed by atoms with Gasteiger partial charge in [-0.05, 0) is 99.2 Å². The summed E-state index contributed by atoms with van der Waals surface area (Å²) < 4.78 is 6.27. The molecule has 0 spiro atoms. The molecule has 0 saturated heterocycles. The van der Waals surface area contributed by atoms with Crippen molar-refractivity contribution in [2.75, 3.05) is 0 Å². The third-order valence-corrected chi connectivity index (χ3v) is 13.3. The molecule has 5 heterocycles. The smallest absolute Gasteiger partial charge is 0.455 e. The fourth-order valence-electron chi connectivity index (χ4n) is 9.56. The number of rotatable bonds is 13. The van der Waals surface area contributed by atoms with Gasteiger partial charge in [0, 0.05) is 24.8 Å². The van der Waals surface area contributed by atoms with Crippen molar-refractivity contribution in [3.63, 3.8) is 0 Å². The first kappa shape index (κ1) is 46.0. The first-order valence-electron chi connectivity index (χ1n) is 24.1. The molecular formula is C66H45IrN4O. The second-order valence-corrected chi connectivity index (χ2v) is 17.9. The van der Waals surface area contributed by atoms with E-state index in [2.05, 4.69) is 179 Å². The molecule has 5 aromatic heterocycles. The SMILES string of the molecule is [Ir+3].[c-]1cc(CCc2cc(CCc3c[c-]c(-c4ccccn4)cc3)cc(-c3ccccc3-c3c[c-]c(-c4cc5oc6cccnc6c5cn4)cc3-c3ccc(-c4ccccc4)cc3)c2)ccc1-c1ccccn1. The van der Waals surface area contributed by atoms with E-state index in [0.29, 0.717) is 0 Å². The number of aryl methyl sites for hydroxylation is 4. The predicted octanol–water partition coefficient (Wildman–Crippen LogP) is 15.8. The number of nitrogens with zero attached hydrogens (tertiary/aromatic N) is 4. The maximum Gasteiger partial charge on any atom is 3.00 e. The van der Waals surface area contributed by atoms with E-state index in [1.165, 1.54) is 33.4 Å². The van der Waals surface area contributed by atoms with Crippen LogP contribution in [-0.2, 0) is 45.8 Å². The predicted molar refractivity (Wildman–Crippen MR) is 287 cm³/mol. The van der Waals surface area contributed by atoms with E-state index in [9.17, 15) is 0 Å². The monoisotopic (exact) mass is 1100 g/mol. The molecule has 72 heavy (non-hydrogen) atoms. The molecule has 0 fully saturated rings. The fourth-order valence-corrected chi connectivity index (χ4v) is 9.56. The van der Waals surface area contributed by atoms with E-state index in [0.717, 1.165) is 115 Å². The van der Waals surface area contributed by atoms with Gasteiger partial charge < -0.3 is 19.4 Å². The molecule has 7 aromatic carbocycles. The molecule has 0 amide bonds. The molecule has 0 aliphatic carbocycles. The van der Waals surface area contributed by atoms with E-state index in [1.54, 1.807) is 6.20 Å². The number of hydrogen-bond acceptors (Lipinski definition) is 5. The van der Waals surface area contributed by atoms with Crippen molar-refractivity contribution in [2.45, 2.75) is 25.7 Å². The van der Waals surface area contributed by atoms with Crippen LogP contribution in [0.1, 0.15) is 22.3 Å². The Bertz CT molecular complexity index is 3680. The molecule has 0 N–H and O–H groups in total. The maximum absolute atomic E-state index is 6.27. The Hall–Kier alpha value is -8.41. The molecule has 0 saturated carbocycles. The van der Waals surface area contributed by atoms with Crippen molar-refractivity contribution in [3.8, 4) is 78.3 Å². The largest absolute Gasteiger partial charge is 3.00 e. The number of furan rings is 1. The summed E-state index contributed by atoms with van der Waals surface area (Å²) in [4.78, 5) is 18.6. The van der Waals surface area contributed by atoms with Crippen LogP contribution >= 0.6 is 0 Å². The molecule has 12 rings (SSSR count). The van der Waals surface area contributed by atoms with Crippen LogP contribution in [0.2, 0.25) is 0 Å². The van der Waals surface area contributed by atoms with Gasteiger partial charge in [0.2, 0.25) is 0 Å². The minimum Gasteiger partial charge on any atom is -0.455 e. The van der Waals surface area contributed by atoms with Gasteiger partial charge in [0.1, 0.15) is 11.1 Å². The van der Waals surface area contributed by atoms with Gasteiger partial charge in [-0.3, -0.25) is 4.98 Å². The molecule has 5 nitrogen and oxygen atoms in total. The van der Waals surface area contributed by atoms with Gasteiger partial charge in [0.15, 0.2) is 5.58 Å². The maximum atomic E-state index is 6.27. The number of pyridine rings is 4. The fraction of sp³-hybridized carbons (Fsp3) is 0.0606. The van der Waals surface area contributed by atoms with Crippen molar-refractivity contribution in [1.82, 2.24) is 19.9 Å².